The molecule has 0 aliphatic heterocycles. The second-order valence-corrected chi connectivity index (χ2v) is 6.41. The van der Waals surface area contributed by atoms with Gasteiger partial charge in [-0.1, -0.05) is 36.5 Å². The van der Waals surface area contributed by atoms with Gasteiger partial charge in [0.05, 0.1) is 14.9 Å². The lowest BCUT2D eigenvalue weighted by molar-refractivity contribution is -0.139. The lowest BCUT2D eigenvalue weighted by Gasteiger charge is -2.14. The van der Waals surface area contributed by atoms with Crippen molar-refractivity contribution in [2.45, 2.75) is 30.7 Å². The van der Waals surface area contributed by atoms with Crippen molar-refractivity contribution in [1.29, 1.82) is 0 Å². The summed E-state index contributed by atoms with van der Waals surface area (Å²) in [5, 5.41) is 9.25. The molecule has 0 saturated heterocycles. The van der Waals surface area contributed by atoms with E-state index < -0.39 is 22.0 Å². The summed E-state index contributed by atoms with van der Waals surface area (Å²) in [4.78, 5) is 10.8. The van der Waals surface area contributed by atoms with E-state index in [-0.39, 0.29) is 21.4 Å². The highest BCUT2D eigenvalue weighted by molar-refractivity contribution is 7.89. The number of hydrogen-bond acceptors (Lipinski definition) is 3. The quantitative estimate of drug-likeness (QED) is 0.841. The van der Waals surface area contributed by atoms with Gasteiger partial charge >= 0.3 is 5.97 Å². The minimum absolute atomic E-state index is 0.0897. The maximum Gasteiger partial charge on any atom is 0.321 e. The van der Waals surface area contributed by atoms with Gasteiger partial charge in [0.2, 0.25) is 10.0 Å². The average Bonchev–Trinajstić information content (AvgIpc) is 2.31. The first-order chi connectivity index (χ1) is 8.77. The molecule has 0 aliphatic rings. The number of benzene rings is 1. The smallest absolute Gasteiger partial charge is 0.321 e. The Hall–Kier alpha value is -0.820. The van der Waals surface area contributed by atoms with Crippen LogP contribution in [0.1, 0.15) is 19.8 Å². The van der Waals surface area contributed by atoms with Crippen LogP contribution in [0.15, 0.2) is 23.1 Å². The van der Waals surface area contributed by atoms with Gasteiger partial charge in [-0.25, -0.2) is 8.42 Å². The van der Waals surface area contributed by atoms with Gasteiger partial charge in [-0.3, -0.25) is 4.79 Å². The van der Waals surface area contributed by atoms with Gasteiger partial charge in [-0.15, -0.1) is 0 Å². The van der Waals surface area contributed by atoms with Gasteiger partial charge in [0, 0.05) is 0 Å². The van der Waals surface area contributed by atoms with E-state index in [2.05, 4.69) is 4.72 Å². The molecule has 0 aromatic heterocycles. The fourth-order valence-electron chi connectivity index (χ4n) is 1.42. The molecule has 0 saturated carbocycles. The van der Waals surface area contributed by atoms with Crippen LogP contribution >= 0.6 is 23.2 Å². The summed E-state index contributed by atoms with van der Waals surface area (Å²) >= 11 is 11.4. The number of aliphatic carboxylic acids is 1. The number of hydrogen-bond donors (Lipinski definition) is 2. The van der Waals surface area contributed by atoms with E-state index in [4.69, 9.17) is 28.3 Å². The standard InChI is InChI=1S/C11H13Cl2NO4S/c1-2-3-10(11(15)16)14-19(17,18)7-4-5-8(12)9(13)6-7/h4-6,10,14H,2-3H2,1H3,(H,15,16)/t10-/m0/s1. The fourth-order valence-corrected chi connectivity index (χ4v) is 3.03. The number of rotatable bonds is 6. The molecule has 106 valence electrons. The number of carboxylic acid groups (broad SMARTS) is 1. The molecule has 0 amide bonds. The SMILES string of the molecule is CCC[C@H](NS(=O)(=O)c1ccc(Cl)c(Cl)c1)C(=O)O. The largest absolute Gasteiger partial charge is 0.480 e. The molecule has 0 aliphatic carbocycles. The van der Waals surface area contributed by atoms with Gasteiger partial charge in [0.25, 0.3) is 0 Å². The first-order valence-electron chi connectivity index (χ1n) is 5.48. The number of nitrogens with one attached hydrogen (secondary N) is 1. The molecule has 5 nitrogen and oxygen atoms in total. The van der Waals surface area contributed by atoms with Gasteiger partial charge in [0.1, 0.15) is 6.04 Å². The van der Waals surface area contributed by atoms with Crippen molar-refractivity contribution >= 4 is 39.2 Å². The Morgan fingerprint density at radius 2 is 2.00 bits per heavy atom. The summed E-state index contributed by atoms with van der Waals surface area (Å²) in [6.07, 6.45) is 0.747. The molecule has 2 N–H and O–H groups in total. The molecule has 8 heteroatoms. The van der Waals surface area contributed by atoms with E-state index >= 15 is 0 Å². The summed E-state index contributed by atoms with van der Waals surface area (Å²) in [6.45, 7) is 1.77. The van der Waals surface area contributed by atoms with Crippen molar-refractivity contribution in [2.75, 3.05) is 0 Å². The first-order valence-corrected chi connectivity index (χ1v) is 7.72. The Labute approximate surface area is 121 Å². The highest BCUT2D eigenvalue weighted by Crippen LogP contribution is 2.24. The Morgan fingerprint density at radius 1 is 1.37 bits per heavy atom. The average molecular weight is 326 g/mol. The van der Waals surface area contributed by atoms with Crippen LogP contribution in [0.3, 0.4) is 0 Å². The second kappa shape index (κ2) is 6.56. The van der Waals surface area contributed by atoms with Crippen LogP contribution in [0.4, 0.5) is 0 Å². The van der Waals surface area contributed by atoms with Crippen molar-refractivity contribution in [1.82, 2.24) is 4.72 Å². The maximum atomic E-state index is 12.0. The van der Waals surface area contributed by atoms with Crippen LogP contribution in [0, 0.1) is 0 Å². The molecule has 1 aromatic carbocycles. The molecule has 19 heavy (non-hydrogen) atoms. The van der Waals surface area contributed by atoms with Crippen molar-refractivity contribution in [2.24, 2.45) is 0 Å². The minimum atomic E-state index is -3.94. The monoisotopic (exact) mass is 325 g/mol. The van der Waals surface area contributed by atoms with Crippen molar-refractivity contribution in [3.8, 4) is 0 Å². The molecular weight excluding hydrogens is 313 g/mol. The molecule has 0 fully saturated rings. The zero-order valence-electron chi connectivity index (χ0n) is 10.1. The van der Waals surface area contributed by atoms with Crippen LogP contribution in [0.25, 0.3) is 0 Å². The third-order valence-corrected chi connectivity index (χ3v) is 4.58. The topological polar surface area (TPSA) is 83.5 Å². The molecule has 0 unspecified atom stereocenters. The van der Waals surface area contributed by atoms with Crippen LogP contribution in [-0.2, 0) is 14.8 Å². The summed E-state index contributed by atoms with van der Waals surface area (Å²) < 4.78 is 26.1. The van der Waals surface area contributed by atoms with Crippen molar-refractivity contribution in [3.05, 3.63) is 28.2 Å². The Bertz CT molecular complexity index is 574. The predicted molar refractivity (Wildman–Crippen MR) is 73.1 cm³/mol. The summed E-state index contributed by atoms with van der Waals surface area (Å²) in [6, 6.07) is 2.62. The Morgan fingerprint density at radius 3 is 2.47 bits per heavy atom. The third kappa shape index (κ3) is 4.35. The zero-order valence-corrected chi connectivity index (χ0v) is 12.4. The summed E-state index contributed by atoms with van der Waals surface area (Å²) in [5.74, 6) is -1.22. The van der Waals surface area contributed by atoms with Crippen molar-refractivity contribution in [3.63, 3.8) is 0 Å². The summed E-state index contributed by atoms with van der Waals surface area (Å²) in [7, 11) is -3.94. The molecule has 0 spiro atoms. The lowest BCUT2D eigenvalue weighted by Crippen LogP contribution is -2.40. The van der Waals surface area contributed by atoms with Crippen molar-refractivity contribution < 1.29 is 18.3 Å². The van der Waals surface area contributed by atoms with Gasteiger partial charge in [0.15, 0.2) is 0 Å². The molecule has 0 bridgehead atoms. The number of halogens is 2. The van der Waals surface area contributed by atoms with Crippen LogP contribution in [0.5, 0.6) is 0 Å². The molecule has 1 rings (SSSR count). The molecular formula is C11H13Cl2NO4S. The fraction of sp³-hybridized carbons (Fsp3) is 0.364. The zero-order chi connectivity index (χ0) is 14.6. The lowest BCUT2D eigenvalue weighted by atomic mass is 10.2. The van der Waals surface area contributed by atoms with Gasteiger partial charge < -0.3 is 5.11 Å². The maximum absolute atomic E-state index is 12.0. The minimum Gasteiger partial charge on any atom is -0.480 e. The summed E-state index contributed by atoms with van der Waals surface area (Å²) in [5.41, 5.74) is 0. The van der Waals surface area contributed by atoms with Gasteiger partial charge in [-0.2, -0.15) is 4.72 Å². The van der Waals surface area contributed by atoms with E-state index in [9.17, 15) is 13.2 Å². The molecule has 0 radical (unpaired) electrons. The van der Waals surface area contributed by atoms with E-state index in [1.54, 1.807) is 6.92 Å². The molecule has 1 atom stereocenters. The first kappa shape index (κ1) is 16.2. The number of carbonyl (C=O) groups is 1. The van der Waals surface area contributed by atoms with Crippen LogP contribution in [0.2, 0.25) is 10.0 Å². The number of sulfonamides is 1. The van der Waals surface area contributed by atoms with Crippen LogP contribution < -0.4 is 4.72 Å². The van der Waals surface area contributed by atoms with E-state index in [1.165, 1.54) is 18.2 Å². The highest BCUT2D eigenvalue weighted by atomic mass is 35.5. The van der Waals surface area contributed by atoms with E-state index in [0.29, 0.717) is 6.42 Å². The predicted octanol–water partition coefficient (Wildman–Crippen LogP) is 2.53. The normalized spacial score (nSPS) is 13.2. The van der Waals surface area contributed by atoms with Crippen LogP contribution in [-0.4, -0.2) is 25.5 Å². The van der Waals surface area contributed by atoms with Gasteiger partial charge in [-0.05, 0) is 24.6 Å². The molecule has 0 heterocycles. The Balaban J connectivity index is 3.03. The van der Waals surface area contributed by atoms with E-state index in [1.807, 2.05) is 0 Å². The molecule has 1 aromatic rings. The second-order valence-electron chi connectivity index (χ2n) is 3.88. The number of carboxylic acids is 1. The van der Waals surface area contributed by atoms with E-state index in [0.717, 1.165) is 0 Å². The third-order valence-electron chi connectivity index (χ3n) is 2.37. The Kier molecular flexibility index (Phi) is 5.61. The highest BCUT2D eigenvalue weighted by Gasteiger charge is 2.24.